The number of aliphatic hydroxyl groups is 3. The van der Waals surface area contributed by atoms with Crippen LogP contribution in [-0.2, 0) is 14.3 Å². The maximum Gasteiger partial charge on any atom is 0.311 e. The van der Waals surface area contributed by atoms with Gasteiger partial charge in [0.25, 0.3) is 0 Å². The molecular weight excluding hydrogens is 364 g/mol. The molecule has 0 aromatic rings. The molecule has 2 aliphatic heterocycles. The first-order valence-electron chi connectivity index (χ1n) is 10.3. The molecule has 0 aromatic heterocycles. The molecule has 0 amide bonds. The molecule has 1 saturated carbocycles. The first kappa shape index (κ1) is 25.3. The lowest BCUT2D eigenvalue weighted by Crippen LogP contribution is -2.50. The average Bonchev–Trinajstić information content (AvgIpc) is 2.78. The summed E-state index contributed by atoms with van der Waals surface area (Å²) in [6.45, 7) is 9.84. The zero-order valence-corrected chi connectivity index (χ0v) is 18.2. The molecule has 5 unspecified atom stereocenters. The molecular formula is C21H40O7. The molecule has 4 N–H and O–H groups in total. The molecule has 0 aromatic carbocycles. The van der Waals surface area contributed by atoms with Gasteiger partial charge in [0.2, 0.25) is 0 Å². The molecule has 7 atom stereocenters. The Morgan fingerprint density at radius 1 is 1.11 bits per heavy atom. The van der Waals surface area contributed by atoms with E-state index < -0.39 is 17.2 Å². The van der Waals surface area contributed by atoms with E-state index in [1.165, 1.54) is 26.7 Å². The van der Waals surface area contributed by atoms with Gasteiger partial charge in [0.05, 0.1) is 18.6 Å². The van der Waals surface area contributed by atoms with Gasteiger partial charge in [-0.2, -0.15) is 0 Å². The Labute approximate surface area is 169 Å². The third kappa shape index (κ3) is 6.13. The van der Waals surface area contributed by atoms with Crippen LogP contribution in [0.5, 0.6) is 0 Å². The largest absolute Gasteiger partial charge is 0.481 e. The third-order valence-electron chi connectivity index (χ3n) is 6.53. The van der Waals surface area contributed by atoms with Gasteiger partial charge in [-0.25, -0.2) is 0 Å². The molecule has 1 aliphatic carbocycles. The Morgan fingerprint density at radius 3 is 2.18 bits per heavy atom. The highest BCUT2D eigenvalue weighted by molar-refractivity contribution is 5.73. The van der Waals surface area contributed by atoms with Gasteiger partial charge in [0.1, 0.15) is 0 Å². The highest BCUT2D eigenvalue weighted by Gasteiger charge is 2.51. The van der Waals surface area contributed by atoms with Gasteiger partial charge in [0, 0.05) is 19.4 Å². The molecule has 3 fully saturated rings. The van der Waals surface area contributed by atoms with E-state index in [9.17, 15) is 9.90 Å². The Kier molecular flexibility index (Phi) is 9.35. The summed E-state index contributed by atoms with van der Waals surface area (Å²) in [5, 5.41) is 33.9. The highest BCUT2D eigenvalue weighted by atomic mass is 16.7. The van der Waals surface area contributed by atoms with Gasteiger partial charge < -0.3 is 29.9 Å². The van der Waals surface area contributed by atoms with Crippen LogP contribution in [0.15, 0.2) is 0 Å². The fraction of sp³-hybridized carbons (Fsp3) is 0.952. The number of aliphatic hydroxyl groups excluding tert-OH is 2. The minimum Gasteiger partial charge on any atom is -0.481 e. The maximum atomic E-state index is 10.3. The van der Waals surface area contributed by atoms with Crippen LogP contribution in [-0.4, -0.2) is 58.8 Å². The number of aliphatic carboxylic acids is 1. The van der Waals surface area contributed by atoms with Crippen molar-refractivity contribution in [2.75, 3.05) is 20.3 Å². The summed E-state index contributed by atoms with van der Waals surface area (Å²) in [4.78, 5) is 10.1. The van der Waals surface area contributed by atoms with Crippen LogP contribution < -0.4 is 0 Å². The first-order valence-corrected chi connectivity index (χ1v) is 10.3. The summed E-state index contributed by atoms with van der Waals surface area (Å²) >= 11 is 0. The van der Waals surface area contributed by atoms with E-state index in [1.54, 1.807) is 6.92 Å². The van der Waals surface area contributed by atoms with Crippen molar-refractivity contribution in [1.29, 1.82) is 0 Å². The second kappa shape index (κ2) is 10.3. The lowest BCUT2D eigenvalue weighted by atomic mass is 9.61. The van der Waals surface area contributed by atoms with E-state index in [0.29, 0.717) is 17.8 Å². The van der Waals surface area contributed by atoms with Crippen molar-refractivity contribution in [3.8, 4) is 0 Å². The molecule has 0 spiro atoms. The van der Waals surface area contributed by atoms with Crippen LogP contribution in [0.3, 0.4) is 0 Å². The zero-order valence-electron chi connectivity index (χ0n) is 18.2. The summed E-state index contributed by atoms with van der Waals surface area (Å²) in [5.41, 5.74) is -0.986. The summed E-state index contributed by atoms with van der Waals surface area (Å²) < 4.78 is 11.8. The van der Waals surface area contributed by atoms with Gasteiger partial charge >= 0.3 is 5.97 Å². The van der Waals surface area contributed by atoms with E-state index in [4.69, 9.17) is 24.8 Å². The molecule has 0 radical (unpaired) electrons. The van der Waals surface area contributed by atoms with Crippen LogP contribution in [0.25, 0.3) is 0 Å². The van der Waals surface area contributed by atoms with E-state index in [2.05, 4.69) is 13.8 Å². The second-order valence-corrected chi connectivity index (χ2v) is 9.32. The van der Waals surface area contributed by atoms with Gasteiger partial charge in [-0.1, -0.05) is 20.3 Å². The van der Waals surface area contributed by atoms with Crippen LogP contribution in [0, 0.1) is 35.0 Å². The number of ether oxygens (including phenoxy) is 2. The third-order valence-corrected chi connectivity index (χ3v) is 6.53. The van der Waals surface area contributed by atoms with Crippen molar-refractivity contribution in [2.45, 2.75) is 72.4 Å². The lowest BCUT2D eigenvalue weighted by molar-refractivity contribution is -0.318. The van der Waals surface area contributed by atoms with Crippen molar-refractivity contribution >= 4 is 5.97 Å². The van der Waals surface area contributed by atoms with Gasteiger partial charge in [-0.05, 0) is 57.3 Å². The molecule has 7 heteroatoms. The molecule has 2 saturated heterocycles. The molecule has 28 heavy (non-hydrogen) atoms. The number of rotatable bonds is 2. The number of hydrogen-bond acceptors (Lipinski definition) is 6. The minimum absolute atomic E-state index is 0.184. The van der Waals surface area contributed by atoms with Gasteiger partial charge in [-0.15, -0.1) is 0 Å². The van der Waals surface area contributed by atoms with Crippen LogP contribution in [0.4, 0.5) is 0 Å². The summed E-state index contributed by atoms with van der Waals surface area (Å²) in [5.74, 6) is 1.26. The van der Waals surface area contributed by atoms with Crippen molar-refractivity contribution in [3.63, 3.8) is 0 Å². The van der Waals surface area contributed by atoms with Crippen molar-refractivity contribution in [2.24, 2.45) is 35.0 Å². The smallest absolute Gasteiger partial charge is 0.311 e. The fourth-order valence-electron chi connectivity index (χ4n) is 4.51. The van der Waals surface area contributed by atoms with E-state index in [0.717, 1.165) is 38.4 Å². The standard InChI is InChI=1S/C15H26O3.C5H10O3.CH4O/c1-9-4-5-11-10(2)8-17-14-13(11)12(9)6-7-15(3,16)18-14;1-5(2,3-6)4(7)8;1-2/h9-14,16H,4-8H2,1-3H3;6H,3H2,1-2H3,(H,7,8);2H,1H3/t9?,10-,11?,12?,13?,14+,15?;;/m0../s1. The highest BCUT2D eigenvalue weighted by Crippen LogP contribution is 2.51. The molecule has 3 rings (SSSR count). The van der Waals surface area contributed by atoms with Gasteiger partial charge in [-0.3, -0.25) is 4.79 Å². The molecule has 7 nitrogen and oxygen atoms in total. The zero-order chi connectivity index (χ0) is 21.7. The minimum atomic E-state index is -1.01. The fourth-order valence-corrected chi connectivity index (χ4v) is 4.51. The Bertz CT molecular complexity index is 491. The van der Waals surface area contributed by atoms with E-state index in [-0.39, 0.29) is 12.9 Å². The van der Waals surface area contributed by atoms with Crippen molar-refractivity contribution in [1.82, 2.24) is 0 Å². The molecule has 2 heterocycles. The molecule has 0 bridgehead atoms. The summed E-state index contributed by atoms with van der Waals surface area (Å²) in [6.07, 6.45) is 4.25. The SMILES string of the molecule is CC(C)(CO)C(=O)O.CC1CCC2C3C1CCC(C)(O)O[C@H]3OC[C@@H]2C.CO. The average molecular weight is 405 g/mol. The predicted molar refractivity (Wildman–Crippen MR) is 105 cm³/mol. The van der Waals surface area contributed by atoms with Crippen LogP contribution >= 0.6 is 0 Å². The summed E-state index contributed by atoms with van der Waals surface area (Å²) in [7, 11) is 1.00. The van der Waals surface area contributed by atoms with Crippen LogP contribution in [0.2, 0.25) is 0 Å². The summed E-state index contributed by atoms with van der Waals surface area (Å²) in [6, 6.07) is 0. The van der Waals surface area contributed by atoms with Gasteiger partial charge in [0.15, 0.2) is 12.1 Å². The molecule has 3 aliphatic rings. The Balaban J connectivity index is 0.000000334. The number of carboxylic acids is 1. The topological polar surface area (TPSA) is 116 Å². The first-order chi connectivity index (χ1) is 13.0. The number of carboxylic acid groups (broad SMARTS) is 1. The van der Waals surface area contributed by atoms with E-state index in [1.807, 2.05) is 0 Å². The van der Waals surface area contributed by atoms with Crippen LogP contribution in [0.1, 0.15) is 60.3 Å². The van der Waals surface area contributed by atoms with E-state index >= 15 is 0 Å². The monoisotopic (exact) mass is 404 g/mol. The quantitative estimate of drug-likeness (QED) is 0.559. The maximum absolute atomic E-state index is 10.3. The lowest BCUT2D eigenvalue weighted by Gasteiger charge is -2.49. The second-order valence-electron chi connectivity index (χ2n) is 9.32. The normalized spacial score (nSPS) is 39.9. The number of carbonyl (C=O) groups is 1. The Hall–Kier alpha value is -0.730. The molecule has 166 valence electrons. The van der Waals surface area contributed by atoms with Crippen molar-refractivity contribution < 1.29 is 34.7 Å². The Morgan fingerprint density at radius 2 is 1.68 bits per heavy atom. The predicted octanol–water partition coefficient (Wildman–Crippen LogP) is 2.47. The number of hydrogen-bond donors (Lipinski definition) is 4. The van der Waals surface area contributed by atoms with Crippen molar-refractivity contribution in [3.05, 3.63) is 0 Å².